The Morgan fingerprint density at radius 2 is 1.85 bits per heavy atom. The molecule has 2 aromatic carbocycles. The van der Waals surface area contributed by atoms with Crippen LogP contribution in [0.15, 0.2) is 42.5 Å². The Balaban J connectivity index is 1.75. The zero-order valence-electron chi connectivity index (χ0n) is 24.6. The van der Waals surface area contributed by atoms with Gasteiger partial charge in [0.05, 0.1) is 18.7 Å². The van der Waals surface area contributed by atoms with Gasteiger partial charge in [0.15, 0.2) is 0 Å². The summed E-state index contributed by atoms with van der Waals surface area (Å²) in [6, 6.07) is 10.8. The number of ether oxygens (including phenoxy) is 2. The van der Waals surface area contributed by atoms with Crippen molar-refractivity contribution in [2.75, 3.05) is 33.4 Å². The quantitative estimate of drug-likeness (QED) is 0.443. The van der Waals surface area contributed by atoms with Crippen LogP contribution in [-0.2, 0) is 14.4 Å². The second-order valence-electron chi connectivity index (χ2n) is 10.8. The Kier molecular flexibility index (Phi) is 11.6. The second-order valence-corrected chi connectivity index (χ2v) is 10.8. The minimum Gasteiger partial charge on any atom is -0.491 e. The number of nitrogens with zero attached hydrogens (tertiary/aromatic N) is 1. The lowest BCUT2D eigenvalue weighted by atomic mass is 10.0. The maximum Gasteiger partial charge on any atom is 0.255 e. The predicted molar refractivity (Wildman–Crippen MR) is 156 cm³/mol. The smallest absolute Gasteiger partial charge is 0.255 e. The number of hydrogen-bond donors (Lipinski definition) is 3. The van der Waals surface area contributed by atoms with Gasteiger partial charge in [0, 0.05) is 13.5 Å². The molecule has 0 spiro atoms. The van der Waals surface area contributed by atoms with E-state index < -0.39 is 23.9 Å². The highest BCUT2D eigenvalue weighted by Gasteiger charge is 2.28. The molecule has 10 heteroatoms. The Hall–Kier alpha value is -4.08. The lowest BCUT2D eigenvalue weighted by Crippen LogP contribution is -2.50. The maximum absolute atomic E-state index is 13.3. The van der Waals surface area contributed by atoms with Crippen molar-refractivity contribution in [3.63, 3.8) is 0 Å². The molecule has 1 heterocycles. The lowest BCUT2D eigenvalue weighted by molar-refractivity contribution is -0.136. The van der Waals surface area contributed by atoms with Crippen LogP contribution in [0.4, 0.5) is 0 Å². The molecule has 0 unspecified atom stereocenters. The van der Waals surface area contributed by atoms with Gasteiger partial charge in [-0.3, -0.25) is 19.2 Å². The van der Waals surface area contributed by atoms with Crippen LogP contribution in [0, 0.1) is 19.8 Å². The number of nitrogens with one attached hydrogen (secondary N) is 3. The standard InChI is InChI=1S/C31H42N4O6/c1-20(2)19-25-31(39)35(5)16-18-41-27-11-7-6-10-23(27)29(37)34-24(13-14-28(36)33-25)30(38)32-15-17-40-26-12-8-9-21(3)22(26)4/h6-12,20,24-25H,13-19H2,1-5H3,(H,32,38)(H,33,36)(H,34,37)/t24-,25-/m0/s1. The Labute approximate surface area is 242 Å². The molecule has 0 aromatic heterocycles. The predicted octanol–water partition coefficient (Wildman–Crippen LogP) is 2.76. The molecule has 1 aliphatic rings. The van der Waals surface area contributed by atoms with E-state index in [-0.39, 0.29) is 62.4 Å². The molecular formula is C31H42N4O6. The zero-order valence-corrected chi connectivity index (χ0v) is 24.6. The average molecular weight is 567 g/mol. The fraction of sp³-hybridized carbons (Fsp3) is 0.484. The number of carbonyl (C=O) groups is 4. The van der Waals surface area contributed by atoms with Gasteiger partial charge in [0.25, 0.3) is 5.91 Å². The van der Waals surface area contributed by atoms with Crippen molar-refractivity contribution in [3.05, 3.63) is 59.2 Å². The molecule has 0 radical (unpaired) electrons. The van der Waals surface area contributed by atoms with Gasteiger partial charge in [0.1, 0.15) is 36.8 Å². The van der Waals surface area contributed by atoms with Crippen molar-refractivity contribution in [1.29, 1.82) is 0 Å². The Morgan fingerprint density at radius 3 is 2.61 bits per heavy atom. The molecule has 3 rings (SSSR count). The van der Waals surface area contributed by atoms with Gasteiger partial charge in [-0.25, -0.2) is 0 Å². The van der Waals surface area contributed by atoms with Gasteiger partial charge in [-0.2, -0.15) is 0 Å². The summed E-state index contributed by atoms with van der Waals surface area (Å²) < 4.78 is 11.7. The van der Waals surface area contributed by atoms with E-state index in [1.54, 1.807) is 31.3 Å². The van der Waals surface area contributed by atoms with E-state index >= 15 is 0 Å². The zero-order chi connectivity index (χ0) is 29.9. The average Bonchev–Trinajstić information content (AvgIpc) is 2.94. The first-order chi connectivity index (χ1) is 19.6. The van der Waals surface area contributed by atoms with E-state index in [0.717, 1.165) is 16.9 Å². The van der Waals surface area contributed by atoms with Crippen LogP contribution >= 0.6 is 0 Å². The molecule has 0 saturated carbocycles. The highest BCUT2D eigenvalue weighted by Crippen LogP contribution is 2.21. The molecule has 0 bridgehead atoms. The van der Waals surface area contributed by atoms with Gasteiger partial charge in [0.2, 0.25) is 17.7 Å². The molecule has 1 aliphatic heterocycles. The van der Waals surface area contributed by atoms with Crippen molar-refractivity contribution >= 4 is 23.6 Å². The van der Waals surface area contributed by atoms with Gasteiger partial charge in [-0.1, -0.05) is 38.1 Å². The summed E-state index contributed by atoms with van der Waals surface area (Å²) in [7, 11) is 1.66. The first-order valence-corrected chi connectivity index (χ1v) is 14.1. The minimum atomic E-state index is -0.992. The molecule has 0 aliphatic carbocycles. The number of benzene rings is 2. The maximum atomic E-state index is 13.3. The Bertz CT molecular complexity index is 1230. The third kappa shape index (κ3) is 9.23. The van der Waals surface area contributed by atoms with Crippen LogP contribution in [0.2, 0.25) is 0 Å². The van der Waals surface area contributed by atoms with Crippen LogP contribution in [0.1, 0.15) is 54.6 Å². The molecule has 222 valence electrons. The van der Waals surface area contributed by atoms with Crippen molar-refractivity contribution in [2.24, 2.45) is 5.92 Å². The summed E-state index contributed by atoms with van der Waals surface area (Å²) in [5.74, 6) is -0.259. The molecular weight excluding hydrogens is 524 g/mol. The van der Waals surface area contributed by atoms with Crippen LogP contribution in [-0.4, -0.2) is 74.0 Å². The number of rotatable bonds is 7. The first kappa shape index (κ1) is 31.4. The van der Waals surface area contributed by atoms with Gasteiger partial charge in [-0.15, -0.1) is 0 Å². The van der Waals surface area contributed by atoms with Crippen LogP contribution < -0.4 is 25.4 Å². The number of aryl methyl sites for hydroxylation is 1. The third-order valence-corrected chi connectivity index (χ3v) is 7.03. The normalized spacial score (nSPS) is 18.8. The van der Waals surface area contributed by atoms with Crippen molar-refractivity contribution in [2.45, 2.75) is 59.0 Å². The number of para-hydroxylation sites is 1. The van der Waals surface area contributed by atoms with Crippen molar-refractivity contribution in [3.8, 4) is 11.5 Å². The Morgan fingerprint density at radius 1 is 1.10 bits per heavy atom. The number of amides is 4. The van der Waals surface area contributed by atoms with Crippen LogP contribution in [0.25, 0.3) is 0 Å². The fourth-order valence-electron chi connectivity index (χ4n) is 4.53. The number of carbonyl (C=O) groups excluding carboxylic acids is 4. The van der Waals surface area contributed by atoms with Gasteiger partial charge in [-0.05, 0) is 61.9 Å². The fourth-order valence-corrected chi connectivity index (χ4v) is 4.53. The number of likely N-dealkylation sites (N-methyl/N-ethyl adjacent to an activating group) is 1. The first-order valence-electron chi connectivity index (χ1n) is 14.1. The van der Waals surface area contributed by atoms with E-state index in [1.807, 2.05) is 45.9 Å². The highest BCUT2D eigenvalue weighted by molar-refractivity contribution is 5.99. The van der Waals surface area contributed by atoms with Crippen molar-refractivity contribution < 1.29 is 28.7 Å². The monoisotopic (exact) mass is 566 g/mol. The van der Waals surface area contributed by atoms with E-state index in [1.165, 1.54) is 4.90 Å². The molecule has 3 N–H and O–H groups in total. The van der Waals surface area contributed by atoms with E-state index in [4.69, 9.17) is 9.47 Å². The summed E-state index contributed by atoms with van der Waals surface area (Å²) in [4.78, 5) is 54.0. The molecule has 2 aromatic rings. The van der Waals surface area contributed by atoms with Crippen molar-refractivity contribution in [1.82, 2.24) is 20.9 Å². The van der Waals surface area contributed by atoms with Gasteiger partial charge >= 0.3 is 0 Å². The SMILES string of the molecule is Cc1cccc(OCCNC(=O)[C@@H]2CCC(=O)N[C@@H](CC(C)C)C(=O)N(C)CCOc3ccccc3C(=O)N2)c1C. The summed E-state index contributed by atoms with van der Waals surface area (Å²) >= 11 is 0. The number of hydrogen-bond acceptors (Lipinski definition) is 6. The molecule has 41 heavy (non-hydrogen) atoms. The van der Waals surface area contributed by atoms with Crippen LogP contribution in [0.5, 0.6) is 11.5 Å². The molecule has 4 amide bonds. The minimum absolute atomic E-state index is 0.0443. The molecule has 2 atom stereocenters. The highest BCUT2D eigenvalue weighted by atomic mass is 16.5. The van der Waals surface area contributed by atoms with Gasteiger partial charge < -0.3 is 30.3 Å². The third-order valence-electron chi connectivity index (χ3n) is 7.03. The molecule has 0 fully saturated rings. The number of fused-ring (bicyclic) bond motifs is 1. The van der Waals surface area contributed by atoms with E-state index in [2.05, 4.69) is 16.0 Å². The van der Waals surface area contributed by atoms with E-state index in [9.17, 15) is 19.2 Å². The summed E-state index contributed by atoms with van der Waals surface area (Å²) in [5.41, 5.74) is 2.39. The van der Waals surface area contributed by atoms with E-state index in [0.29, 0.717) is 12.2 Å². The van der Waals surface area contributed by atoms with Crippen LogP contribution in [0.3, 0.4) is 0 Å². The molecule has 0 saturated heterocycles. The topological polar surface area (TPSA) is 126 Å². The second kappa shape index (κ2) is 15.1. The largest absolute Gasteiger partial charge is 0.491 e. The summed E-state index contributed by atoms with van der Waals surface area (Å²) in [6.07, 6.45) is 0.462. The summed E-state index contributed by atoms with van der Waals surface area (Å²) in [5, 5.41) is 8.41. The summed E-state index contributed by atoms with van der Waals surface area (Å²) in [6.45, 7) is 8.81. The molecule has 10 nitrogen and oxygen atoms in total. The lowest BCUT2D eigenvalue weighted by Gasteiger charge is -2.26.